The number of rotatable bonds is 4. The molecule has 2 aromatic heterocycles. The molecule has 0 aliphatic carbocycles. The van der Waals surface area contributed by atoms with E-state index in [4.69, 9.17) is 5.11 Å². The average Bonchev–Trinajstić information content (AvgIpc) is 3.23. The van der Waals surface area contributed by atoms with Crippen LogP contribution in [0.3, 0.4) is 0 Å². The van der Waals surface area contributed by atoms with E-state index in [0.717, 1.165) is 28.8 Å². The molecule has 0 aliphatic rings. The van der Waals surface area contributed by atoms with Crippen molar-refractivity contribution >= 4 is 27.7 Å². The molecule has 2 aromatic carbocycles. The number of fused-ring (bicyclic) bond motifs is 1. The fourth-order valence-electron chi connectivity index (χ4n) is 3.14. The lowest BCUT2D eigenvalue weighted by molar-refractivity contribution is -0.144. The summed E-state index contributed by atoms with van der Waals surface area (Å²) in [6.45, 7) is 0.0412. The molecule has 0 atom stereocenters. The van der Waals surface area contributed by atoms with Gasteiger partial charge in [-0.1, -0.05) is 30.3 Å². The van der Waals surface area contributed by atoms with Gasteiger partial charge in [-0.15, -0.1) is 0 Å². The van der Waals surface area contributed by atoms with Crippen LogP contribution in [-0.2, 0) is 26.4 Å². The van der Waals surface area contributed by atoms with Gasteiger partial charge in [-0.05, 0) is 35.3 Å². The van der Waals surface area contributed by atoms with E-state index in [9.17, 15) is 32.7 Å². The van der Waals surface area contributed by atoms with Crippen molar-refractivity contribution in [2.45, 2.75) is 19.3 Å². The van der Waals surface area contributed by atoms with Crippen LogP contribution >= 0.6 is 11.5 Å². The van der Waals surface area contributed by atoms with E-state index in [1.807, 2.05) is 30.3 Å². The molecule has 13 heteroatoms. The minimum atomic E-state index is -4.81. The normalized spacial score (nSPS) is 11.1. The molecule has 35 heavy (non-hydrogen) atoms. The van der Waals surface area contributed by atoms with E-state index >= 15 is 0 Å². The molecule has 0 fully saturated rings. The molecule has 0 spiro atoms. The molecular weight excluding hydrogens is 489 g/mol. The van der Waals surface area contributed by atoms with Gasteiger partial charge in [0.15, 0.2) is 0 Å². The summed E-state index contributed by atoms with van der Waals surface area (Å²) in [5.41, 5.74) is -2.07. The molecule has 4 rings (SSSR count). The number of nitrogens with one attached hydrogen (secondary N) is 1. The first-order valence-electron chi connectivity index (χ1n) is 9.93. The summed E-state index contributed by atoms with van der Waals surface area (Å²) in [7, 11) is 0.949. The maximum absolute atomic E-state index is 12.9. The maximum atomic E-state index is 12.9. The van der Waals surface area contributed by atoms with Gasteiger partial charge in [-0.2, -0.15) is 17.5 Å². The van der Waals surface area contributed by atoms with Crippen LogP contribution in [0.5, 0.6) is 0 Å². The van der Waals surface area contributed by atoms with Gasteiger partial charge in [0, 0.05) is 25.0 Å². The summed E-state index contributed by atoms with van der Waals surface area (Å²) in [5.74, 6) is 0. The highest BCUT2D eigenvalue weighted by atomic mass is 32.1. The van der Waals surface area contributed by atoms with Gasteiger partial charge < -0.3 is 15.5 Å². The number of aliphatic hydroxyl groups is 1. The van der Waals surface area contributed by atoms with Crippen LogP contribution in [0.1, 0.15) is 17.0 Å². The summed E-state index contributed by atoms with van der Waals surface area (Å²) in [6, 6.07) is 14.2. The van der Waals surface area contributed by atoms with Gasteiger partial charge in [-0.3, -0.25) is 9.36 Å². The number of nitrogens with zero attached hydrogens (tertiary/aromatic N) is 3. The van der Waals surface area contributed by atoms with Gasteiger partial charge in [0.25, 0.3) is 5.56 Å². The van der Waals surface area contributed by atoms with E-state index in [-0.39, 0.29) is 12.3 Å². The SMILES string of the molecule is Cn1c(C(F)(F)F)cc(=O)n(-c2ccc3snc(CO)c3c2)c1=O.O=C(O)NCc1ccccc1. The molecule has 4 aromatic rings. The second kappa shape index (κ2) is 10.5. The van der Waals surface area contributed by atoms with Crippen LogP contribution in [0.4, 0.5) is 18.0 Å². The fraction of sp³-hybridized carbons (Fsp3) is 0.182. The Balaban J connectivity index is 0.000000261. The van der Waals surface area contributed by atoms with Crippen LogP contribution in [0.25, 0.3) is 15.8 Å². The van der Waals surface area contributed by atoms with Crippen molar-refractivity contribution in [3.8, 4) is 5.69 Å². The first-order chi connectivity index (χ1) is 16.5. The zero-order valence-electron chi connectivity index (χ0n) is 18.1. The van der Waals surface area contributed by atoms with E-state index < -0.39 is 29.2 Å². The maximum Gasteiger partial charge on any atom is 0.431 e. The first-order valence-corrected chi connectivity index (χ1v) is 10.7. The Morgan fingerprint density at radius 2 is 1.80 bits per heavy atom. The highest BCUT2D eigenvalue weighted by Crippen LogP contribution is 2.28. The third-order valence-electron chi connectivity index (χ3n) is 4.83. The predicted molar refractivity (Wildman–Crippen MR) is 123 cm³/mol. The third kappa shape index (κ3) is 5.94. The molecule has 0 radical (unpaired) electrons. The molecule has 0 bridgehead atoms. The highest BCUT2D eigenvalue weighted by molar-refractivity contribution is 7.13. The van der Waals surface area contributed by atoms with Crippen molar-refractivity contribution in [1.29, 1.82) is 0 Å². The van der Waals surface area contributed by atoms with Crippen LogP contribution in [0.15, 0.2) is 64.2 Å². The number of benzene rings is 2. The molecule has 2 heterocycles. The van der Waals surface area contributed by atoms with E-state index in [1.54, 1.807) is 6.07 Å². The molecule has 0 aliphatic heterocycles. The Morgan fingerprint density at radius 1 is 1.11 bits per heavy atom. The van der Waals surface area contributed by atoms with Crippen molar-refractivity contribution in [1.82, 2.24) is 18.8 Å². The molecule has 0 unspecified atom stereocenters. The van der Waals surface area contributed by atoms with Gasteiger partial charge >= 0.3 is 18.0 Å². The van der Waals surface area contributed by atoms with E-state index in [1.165, 1.54) is 12.1 Å². The van der Waals surface area contributed by atoms with Crippen molar-refractivity contribution in [2.75, 3.05) is 0 Å². The second-order valence-electron chi connectivity index (χ2n) is 7.15. The zero-order valence-corrected chi connectivity index (χ0v) is 18.9. The molecule has 9 nitrogen and oxygen atoms in total. The van der Waals surface area contributed by atoms with Crippen LogP contribution in [-0.4, -0.2) is 29.8 Å². The predicted octanol–water partition coefficient (Wildman–Crippen LogP) is 3.11. The first kappa shape index (κ1) is 25.6. The Morgan fingerprint density at radius 3 is 2.40 bits per heavy atom. The topological polar surface area (TPSA) is 126 Å². The quantitative estimate of drug-likeness (QED) is 0.389. The number of hydrogen-bond donors (Lipinski definition) is 3. The molecule has 184 valence electrons. The zero-order chi connectivity index (χ0) is 25.8. The second-order valence-corrected chi connectivity index (χ2v) is 7.96. The number of halogens is 3. The molecule has 1 amide bonds. The summed E-state index contributed by atoms with van der Waals surface area (Å²) in [5, 5.41) is 20.3. The molecule has 3 N–H and O–H groups in total. The standard InChI is InChI=1S/C14H10F3N3O3S.C8H9NO2/c1-19-11(14(15,16)17)5-12(22)20(13(19)23)7-2-3-10-8(4-7)9(6-21)18-24-10;10-8(11)9-6-7-4-2-1-3-5-7/h2-5,21H,6H2,1H3;1-5,9H,6H2,(H,10,11). The van der Waals surface area contributed by atoms with Gasteiger partial charge in [0.1, 0.15) is 5.69 Å². The molecule has 0 saturated carbocycles. The summed E-state index contributed by atoms with van der Waals surface area (Å²) < 4.78 is 44.4. The van der Waals surface area contributed by atoms with Crippen molar-refractivity contribution < 1.29 is 28.2 Å². The summed E-state index contributed by atoms with van der Waals surface area (Å²) >= 11 is 1.13. The highest BCUT2D eigenvalue weighted by Gasteiger charge is 2.35. The Labute approximate surface area is 199 Å². The fourth-order valence-corrected chi connectivity index (χ4v) is 3.91. The average molecular weight is 508 g/mol. The van der Waals surface area contributed by atoms with Crippen LogP contribution in [0, 0.1) is 0 Å². The Hall–Kier alpha value is -3.97. The van der Waals surface area contributed by atoms with Gasteiger partial charge in [0.2, 0.25) is 0 Å². The number of amides is 1. The summed E-state index contributed by atoms with van der Waals surface area (Å²) in [4.78, 5) is 34.4. The number of hydrogen-bond acceptors (Lipinski definition) is 6. The third-order valence-corrected chi connectivity index (χ3v) is 5.70. The van der Waals surface area contributed by atoms with Crippen LogP contribution < -0.4 is 16.6 Å². The monoisotopic (exact) mass is 508 g/mol. The van der Waals surface area contributed by atoms with Crippen molar-refractivity contribution in [3.63, 3.8) is 0 Å². The number of aliphatic hydroxyl groups excluding tert-OH is 1. The van der Waals surface area contributed by atoms with Crippen molar-refractivity contribution in [2.24, 2.45) is 7.05 Å². The molecule has 0 saturated heterocycles. The lowest BCUT2D eigenvalue weighted by Gasteiger charge is -2.13. The number of carbonyl (C=O) groups is 1. The largest absolute Gasteiger partial charge is 0.465 e. The minimum absolute atomic E-state index is 0.108. The van der Waals surface area contributed by atoms with E-state index in [0.29, 0.717) is 32.8 Å². The number of alkyl halides is 3. The summed E-state index contributed by atoms with van der Waals surface area (Å²) in [6.07, 6.45) is -5.80. The Bertz CT molecular complexity index is 1460. The van der Waals surface area contributed by atoms with Gasteiger partial charge in [-0.25, -0.2) is 14.2 Å². The van der Waals surface area contributed by atoms with Crippen LogP contribution in [0.2, 0.25) is 0 Å². The van der Waals surface area contributed by atoms with E-state index in [2.05, 4.69) is 9.69 Å². The number of aromatic nitrogens is 3. The smallest absolute Gasteiger partial charge is 0.431 e. The lowest BCUT2D eigenvalue weighted by Crippen LogP contribution is -2.40. The lowest BCUT2D eigenvalue weighted by atomic mass is 10.2. The van der Waals surface area contributed by atoms with Crippen molar-refractivity contribution in [3.05, 3.63) is 92.4 Å². The van der Waals surface area contributed by atoms with Gasteiger partial charge in [0.05, 0.1) is 22.7 Å². The Kier molecular flexibility index (Phi) is 7.71. The minimum Gasteiger partial charge on any atom is -0.465 e. The molecular formula is C22H19F3N4O5S. The number of carboxylic acid groups (broad SMARTS) is 1.